The molecule has 0 aliphatic heterocycles. The Balaban J connectivity index is 2.02. The van der Waals surface area contributed by atoms with Gasteiger partial charge in [0.1, 0.15) is 5.75 Å². The van der Waals surface area contributed by atoms with Crippen LogP contribution in [0.15, 0.2) is 29.3 Å². The molecule has 20 heavy (non-hydrogen) atoms. The number of hydrogen-bond acceptors (Lipinski definition) is 2. The minimum absolute atomic E-state index is 0.175. The van der Waals surface area contributed by atoms with Gasteiger partial charge in [-0.25, -0.2) is 4.99 Å². The average molecular weight is 283 g/mol. The molecule has 0 aromatic heterocycles. The van der Waals surface area contributed by atoms with Gasteiger partial charge in [0.15, 0.2) is 5.96 Å². The predicted molar refractivity (Wildman–Crippen MR) is 74.0 cm³/mol. The van der Waals surface area contributed by atoms with E-state index in [4.69, 9.17) is 0 Å². The predicted octanol–water partition coefficient (Wildman–Crippen LogP) is 2.51. The first-order valence-corrected chi connectivity index (χ1v) is 6.76. The summed E-state index contributed by atoms with van der Waals surface area (Å²) in [6.07, 6.45) is 2.30. The zero-order valence-corrected chi connectivity index (χ0v) is 11.4. The molecule has 0 spiro atoms. The number of halogens is 2. The number of alkyl halides is 2. The van der Waals surface area contributed by atoms with E-state index < -0.39 is 6.61 Å². The summed E-state index contributed by atoms with van der Waals surface area (Å²) < 4.78 is 29.1. The van der Waals surface area contributed by atoms with Crippen LogP contribution < -0.4 is 15.4 Å². The number of aliphatic imine (C=N–C) groups is 1. The molecule has 0 saturated heterocycles. The Morgan fingerprint density at radius 2 is 2.15 bits per heavy atom. The molecular weight excluding hydrogens is 264 g/mol. The van der Waals surface area contributed by atoms with Gasteiger partial charge in [0.2, 0.25) is 0 Å². The smallest absolute Gasteiger partial charge is 0.387 e. The fourth-order valence-electron chi connectivity index (χ4n) is 1.75. The number of benzene rings is 1. The van der Waals surface area contributed by atoms with E-state index in [1.807, 2.05) is 6.92 Å². The van der Waals surface area contributed by atoms with Gasteiger partial charge in [0.25, 0.3) is 0 Å². The maximum Gasteiger partial charge on any atom is 0.387 e. The van der Waals surface area contributed by atoms with Crippen molar-refractivity contribution in [3.8, 4) is 5.75 Å². The number of ether oxygens (including phenoxy) is 1. The summed E-state index contributed by atoms with van der Waals surface area (Å²) in [4.78, 5) is 4.40. The Kier molecular flexibility index (Phi) is 5.15. The molecule has 1 aliphatic carbocycles. The molecule has 4 nitrogen and oxygen atoms in total. The van der Waals surface area contributed by atoms with Gasteiger partial charge in [0.05, 0.1) is 6.54 Å². The van der Waals surface area contributed by atoms with Crippen molar-refractivity contribution in [3.63, 3.8) is 0 Å². The second kappa shape index (κ2) is 7.07. The first-order chi connectivity index (χ1) is 9.69. The summed E-state index contributed by atoms with van der Waals surface area (Å²) in [5.41, 5.74) is 0.640. The minimum Gasteiger partial charge on any atom is -0.434 e. The van der Waals surface area contributed by atoms with Crippen LogP contribution in [-0.4, -0.2) is 25.2 Å². The molecule has 0 atom stereocenters. The Labute approximate surface area is 117 Å². The Morgan fingerprint density at radius 3 is 2.80 bits per heavy atom. The van der Waals surface area contributed by atoms with Crippen LogP contribution in [0.25, 0.3) is 0 Å². The first-order valence-electron chi connectivity index (χ1n) is 6.76. The van der Waals surface area contributed by atoms with Crippen molar-refractivity contribution in [1.29, 1.82) is 0 Å². The second-order valence-corrected chi connectivity index (χ2v) is 4.60. The monoisotopic (exact) mass is 283 g/mol. The van der Waals surface area contributed by atoms with Gasteiger partial charge >= 0.3 is 6.61 Å². The third-order valence-electron chi connectivity index (χ3n) is 2.86. The number of guanidine groups is 1. The van der Waals surface area contributed by atoms with Crippen LogP contribution in [0.2, 0.25) is 0 Å². The molecule has 6 heteroatoms. The van der Waals surface area contributed by atoms with Crippen molar-refractivity contribution < 1.29 is 13.5 Å². The van der Waals surface area contributed by atoms with E-state index >= 15 is 0 Å². The fourth-order valence-corrected chi connectivity index (χ4v) is 1.75. The quantitative estimate of drug-likeness (QED) is 0.623. The van der Waals surface area contributed by atoms with Gasteiger partial charge < -0.3 is 15.4 Å². The number of rotatable bonds is 6. The molecule has 1 aliphatic rings. The lowest BCUT2D eigenvalue weighted by Crippen LogP contribution is -2.38. The Morgan fingerprint density at radius 1 is 1.40 bits per heavy atom. The van der Waals surface area contributed by atoms with Gasteiger partial charge in [-0.3, -0.25) is 0 Å². The van der Waals surface area contributed by atoms with Crippen molar-refractivity contribution in [2.45, 2.75) is 39.0 Å². The van der Waals surface area contributed by atoms with Crippen LogP contribution in [0.4, 0.5) is 8.78 Å². The Bertz CT molecular complexity index is 461. The van der Waals surface area contributed by atoms with Crippen LogP contribution in [0.3, 0.4) is 0 Å². The molecule has 0 unspecified atom stereocenters. The summed E-state index contributed by atoms with van der Waals surface area (Å²) in [5, 5.41) is 6.41. The first kappa shape index (κ1) is 14.6. The normalized spacial score (nSPS) is 15.3. The lowest BCUT2D eigenvalue weighted by molar-refractivity contribution is -0.0504. The number of nitrogens with one attached hydrogen (secondary N) is 2. The molecule has 0 bridgehead atoms. The number of nitrogens with zero attached hydrogens (tertiary/aromatic N) is 1. The van der Waals surface area contributed by atoms with Crippen molar-refractivity contribution in [2.75, 3.05) is 6.54 Å². The van der Waals surface area contributed by atoms with Crippen LogP contribution in [-0.2, 0) is 6.54 Å². The molecular formula is C14H19F2N3O. The molecule has 2 rings (SSSR count). The van der Waals surface area contributed by atoms with Gasteiger partial charge in [-0.1, -0.05) is 18.2 Å². The van der Waals surface area contributed by atoms with Gasteiger partial charge in [0, 0.05) is 18.2 Å². The average Bonchev–Trinajstić information content (AvgIpc) is 3.21. The van der Waals surface area contributed by atoms with Crippen molar-refractivity contribution in [1.82, 2.24) is 10.6 Å². The molecule has 1 aromatic rings. The molecule has 0 amide bonds. The highest BCUT2D eigenvalue weighted by Gasteiger charge is 2.22. The molecule has 1 aromatic carbocycles. The van der Waals surface area contributed by atoms with Crippen molar-refractivity contribution in [2.24, 2.45) is 4.99 Å². The molecule has 2 N–H and O–H groups in total. The third-order valence-corrected chi connectivity index (χ3v) is 2.86. The highest BCUT2D eigenvalue weighted by Crippen LogP contribution is 2.21. The SMILES string of the molecule is CCNC(=NCc1ccccc1OC(F)F)NC1CC1. The van der Waals surface area contributed by atoms with Crippen LogP contribution in [0.1, 0.15) is 25.3 Å². The maximum absolute atomic E-state index is 12.3. The second-order valence-electron chi connectivity index (χ2n) is 4.60. The van der Waals surface area contributed by atoms with Crippen LogP contribution in [0.5, 0.6) is 5.75 Å². The van der Waals surface area contributed by atoms with E-state index in [0.29, 0.717) is 24.1 Å². The summed E-state index contributed by atoms with van der Waals surface area (Å²) >= 11 is 0. The van der Waals surface area contributed by atoms with Gasteiger partial charge in [-0.15, -0.1) is 0 Å². The Hall–Kier alpha value is -1.85. The highest BCUT2D eigenvalue weighted by atomic mass is 19.3. The maximum atomic E-state index is 12.3. The molecule has 1 fully saturated rings. The summed E-state index contributed by atoms with van der Waals surface area (Å²) in [5.74, 6) is 0.885. The highest BCUT2D eigenvalue weighted by molar-refractivity contribution is 5.80. The van der Waals surface area contributed by atoms with Gasteiger partial charge in [-0.05, 0) is 25.8 Å². The molecule has 110 valence electrons. The lowest BCUT2D eigenvalue weighted by Gasteiger charge is -2.12. The van der Waals surface area contributed by atoms with E-state index in [1.165, 1.54) is 6.07 Å². The number of para-hydroxylation sites is 1. The van der Waals surface area contributed by atoms with Crippen molar-refractivity contribution >= 4 is 5.96 Å². The third kappa shape index (κ3) is 4.68. The minimum atomic E-state index is -2.82. The summed E-state index contributed by atoms with van der Waals surface area (Å²) in [7, 11) is 0. The largest absolute Gasteiger partial charge is 0.434 e. The fraction of sp³-hybridized carbons (Fsp3) is 0.500. The van der Waals surface area contributed by atoms with Crippen LogP contribution in [0, 0.1) is 0 Å². The van der Waals surface area contributed by atoms with E-state index in [1.54, 1.807) is 18.2 Å². The lowest BCUT2D eigenvalue weighted by atomic mass is 10.2. The zero-order valence-electron chi connectivity index (χ0n) is 11.4. The van der Waals surface area contributed by atoms with E-state index in [-0.39, 0.29) is 5.75 Å². The standard InChI is InChI=1S/C14H19F2N3O/c1-2-17-14(19-11-7-8-11)18-9-10-5-3-4-6-12(10)20-13(15)16/h3-6,11,13H,2,7-9H2,1H3,(H2,17,18,19). The molecule has 0 radical (unpaired) electrons. The summed E-state index contributed by atoms with van der Waals surface area (Å²) in [6.45, 7) is 0.217. The zero-order chi connectivity index (χ0) is 14.4. The van der Waals surface area contributed by atoms with E-state index in [9.17, 15) is 8.78 Å². The van der Waals surface area contributed by atoms with Gasteiger partial charge in [-0.2, -0.15) is 8.78 Å². The van der Waals surface area contributed by atoms with E-state index in [2.05, 4.69) is 20.4 Å². The van der Waals surface area contributed by atoms with Crippen LogP contribution >= 0.6 is 0 Å². The topological polar surface area (TPSA) is 45.7 Å². The number of hydrogen-bond donors (Lipinski definition) is 2. The van der Waals surface area contributed by atoms with Crippen molar-refractivity contribution in [3.05, 3.63) is 29.8 Å². The molecule has 0 heterocycles. The van der Waals surface area contributed by atoms with E-state index in [0.717, 1.165) is 19.4 Å². The molecule has 1 saturated carbocycles. The summed E-state index contributed by atoms with van der Waals surface area (Å²) in [6, 6.07) is 7.20.